The molecule has 124 valence electrons. The number of carbonyl (C=O) groups is 1. The maximum Gasteiger partial charge on any atom is 0.254 e. The van der Waals surface area contributed by atoms with Crippen LogP contribution < -0.4 is 0 Å². The van der Waals surface area contributed by atoms with Crippen LogP contribution in [0, 0.1) is 0 Å². The Morgan fingerprint density at radius 3 is 2.70 bits per heavy atom. The average Bonchev–Trinajstić information content (AvgIpc) is 2.83. The minimum atomic E-state index is 0.140. The molecule has 0 aromatic heterocycles. The van der Waals surface area contributed by atoms with Gasteiger partial charge in [-0.05, 0) is 25.5 Å². The van der Waals surface area contributed by atoms with Crippen LogP contribution in [-0.2, 0) is 11.3 Å². The summed E-state index contributed by atoms with van der Waals surface area (Å²) in [6.45, 7) is 7.31. The number of hydrogen-bond donors (Lipinski definition) is 0. The van der Waals surface area contributed by atoms with Gasteiger partial charge in [-0.1, -0.05) is 42.2 Å². The minimum Gasteiger partial charge on any atom is -0.372 e. The van der Waals surface area contributed by atoms with E-state index in [1.54, 1.807) is 11.8 Å². The van der Waals surface area contributed by atoms with Crippen molar-refractivity contribution in [2.45, 2.75) is 32.6 Å². The van der Waals surface area contributed by atoms with Crippen molar-refractivity contribution in [3.05, 3.63) is 35.4 Å². The van der Waals surface area contributed by atoms with Gasteiger partial charge in [-0.25, -0.2) is 0 Å². The normalized spacial score (nSPS) is 24.0. The maximum absolute atomic E-state index is 12.3. The molecule has 1 aromatic rings. The highest BCUT2D eigenvalue weighted by Crippen LogP contribution is 2.23. The first kappa shape index (κ1) is 16.7. The van der Waals surface area contributed by atoms with Crippen LogP contribution in [0.4, 0.5) is 0 Å². The number of hydrogen-bond acceptors (Lipinski definition) is 4. The first-order valence-corrected chi connectivity index (χ1v) is 9.38. The van der Waals surface area contributed by atoms with Crippen molar-refractivity contribution in [3.8, 4) is 0 Å². The minimum absolute atomic E-state index is 0.140. The third-order valence-corrected chi connectivity index (χ3v) is 5.66. The van der Waals surface area contributed by atoms with E-state index in [1.165, 1.54) is 0 Å². The number of morpholine rings is 1. The highest BCUT2D eigenvalue weighted by Gasteiger charge is 2.27. The van der Waals surface area contributed by atoms with Gasteiger partial charge in [0.15, 0.2) is 0 Å². The van der Waals surface area contributed by atoms with E-state index in [4.69, 9.17) is 17.0 Å². The molecule has 0 spiro atoms. The molecule has 3 rings (SSSR count). The van der Waals surface area contributed by atoms with Gasteiger partial charge in [0.25, 0.3) is 5.91 Å². The van der Waals surface area contributed by atoms with Gasteiger partial charge in [-0.3, -0.25) is 4.79 Å². The zero-order valence-electron chi connectivity index (χ0n) is 13.5. The topological polar surface area (TPSA) is 32.8 Å². The molecule has 0 unspecified atom stereocenters. The zero-order chi connectivity index (χ0) is 16.4. The van der Waals surface area contributed by atoms with Gasteiger partial charge in [-0.15, -0.1) is 0 Å². The van der Waals surface area contributed by atoms with E-state index in [0.717, 1.165) is 40.8 Å². The highest BCUT2D eigenvalue weighted by molar-refractivity contribution is 8.22. The lowest BCUT2D eigenvalue weighted by Crippen LogP contribution is -2.47. The number of ether oxygens (including phenoxy) is 1. The molecule has 0 saturated carbocycles. The molecule has 1 saturated heterocycles. The Labute approximate surface area is 147 Å². The number of amides is 1. The van der Waals surface area contributed by atoms with Crippen molar-refractivity contribution >= 4 is 34.2 Å². The molecule has 2 heterocycles. The van der Waals surface area contributed by atoms with Gasteiger partial charge in [0, 0.05) is 37.5 Å². The Morgan fingerprint density at radius 2 is 2.00 bits per heavy atom. The molecule has 2 atom stereocenters. The van der Waals surface area contributed by atoms with E-state index in [1.807, 2.05) is 29.2 Å². The second kappa shape index (κ2) is 7.20. The zero-order valence-corrected chi connectivity index (χ0v) is 15.2. The van der Waals surface area contributed by atoms with Gasteiger partial charge in [0.2, 0.25) is 0 Å². The molecule has 2 aliphatic heterocycles. The Bertz CT molecular complexity index is 598. The van der Waals surface area contributed by atoms with E-state index in [0.29, 0.717) is 6.54 Å². The third-order valence-electron chi connectivity index (χ3n) is 4.16. The van der Waals surface area contributed by atoms with E-state index < -0.39 is 0 Å². The molecule has 1 fully saturated rings. The fourth-order valence-electron chi connectivity index (χ4n) is 3.16. The number of thiocarbonyl (C=S) groups is 1. The molecular weight excluding hydrogens is 328 g/mol. The average molecular weight is 351 g/mol. The summed E-state index contributed by atoms with van der Waals surface area (Å²) in [5.74, 6) is 0.972. The van der Waals surface area contributed by atoms with Crippen LogP contribution in [-0.4, -0.2) is 57.6 Å². The molecular formula is C17H22N2O2S2. The molecule has 0 radical (unpaired) electrons. The van der Waals surface area contributed by atoms with Gasteiger partial charge >= 0.3 is 0 Å². The van der Waals surface area contributed by atoms with Crippen LogP contribution in [0.3, 0.4) is 0 Å². The van der Waals surface area contributed by atoms with E-state index in [9.17, 15) is 4.79 Å². The lowest BCUT2D eigenvalue weighted by Gasteiger charge is -2.36. The number of thioether (sulfide) groups is 1. The fraction of sp³-hybridized carbons (Fsp3) is 0.529. The van der Waals surface area contributed by atoms with Crippen LogP contribution in [0.25, 0.3) is 0 Å². The van der Waals surface area contributed by atoms with E-state index >= 15 is 0 Å². The van der Waals surface area contributed by atoms with Crippen molar-refractivity contribution in [2.24, 2.45) is 0 Å². The van der Waals surface area contributed by atoms with Crippen molar-refractivity contribution < 1.29 is 9.53 Å². The van der Waals surface area contributed by atoms with Gasteiger partial charge in [-0.2, -0.15) is 0 Å². The molecule has 6 heteroatoms. The lowest BCUT2D eigenvalue weighted by molar-refractivity contribution is -0.0465. The summed E-state index contributed by atoms with van der Waals surface area (Å²) in [4.78, 5) is 16.4. The molecule has 4 nitrogen and oxygen atoms in total. The largest absolute Gasteiger partial charge is 0.372 e. The smallest absolute Gasteiger partial charge is 0.254 e. The third kappa shape index (κ3) is 3.87. The summed E-state index contributed by atoms with van der Waals surface area (Å²) in [5.41, 5.74) is 1.97. The first-order valence-electron chi connectivity index (χ1n) is 7.99. The van der Waals surface area contributed by atoms with Gasteiger partial charge < -0.3 is 14.5 Å². The second-order valence-corrected chi connectivity index (χ2v) is 7.89. The fourth-order valence-corrected chi connectivity index (χ4v) is 4.37. The van der Waals surface area contributed by atoms with Crippen LogP contribution in [0.5, 0.6) is 0 Å². The van der Waals surface area contributed by atoms with Crippen molar-refractivity contribution in [2.75, 3.05) is 25.4 Å². The van der Waals surface area contributed by atoms with Crippen LogP contribution in [0.15, 0.2) is 24.3 Å². The Hall–Kier alpha value is -1.11. The predicted molar refractivity (Wildman–Crippen MR) is 97.8 cm³/mol. The predicted octanol–water partition coefficient (Wildman–Crippen LogP) is 2.77. The number of benzene rings is 1. The van der Waals surface area contributed by atoms with Crippen molar-refractivity contribution in [1.82, 2.24) is 9.80 Å². The van der Waals surface area contributed by atoms with Gasteiger partial charge in [0.05, 0.1) is 12.2 Å². The first-order chi connectivity index (χ1) is 11.0. The van der Waals surface area contributed by atoms with Crippen LogP contribution in [0.1, 0.15) is 29.8 Å². The molecule has 0 bridgehead atoms. The Kier molecular flexibility index (Phi) is 5.24. The molecule has 0 aliphatic carbocycles. The van der Waals surface area contributed by atoms with E-state index in [2.05, 4.69) is 18.7 Å². The highest BCUT2D eigenvalue weighted by atomic mass is 32.2. The number of carbonyl (C=O) groups excluding carboxylic acids is 1. The standard InChI is InChI=1S/C17H22N2O2S2/c1-12-9-19(10-13(2)21-12)17(22)23-8-7-18-11-14-5-3-4-6-15(14)16(18)20/h3-6,12-13H,7-11H2,1-2H3/t12-,13-/m1/s1. The summed E-state index contributed by atoms with van der Waals surface area (Å²) in [6.07, 6.45) is 0.430. The summed E-state index contributed by atoms with van der Waals surface area (Å²) in [7, 11) is 0. The molecule has 1 aromatic carbocycles. The number of nitrogens with zero attached hydrogens (tertiary/aromatic N) is 2. The van der Waals surface area contributed by atoms with Crippen LogP contribution in [0.2, 0.25) is 0 Å². The molecule has 0 N–H and O–H groups in total. The molecule has 23 heavy (non-hydrogen) atoms. The van der Waals surface area contributed by atoms with Crippen LogP contribution >= 0.6 is 24.0 Å². The summed E-state index contributed by atoms with van der Waals surface area (Å²) >= 11 is 7.21. The van der Waals surface area contributed by atoms with Crippen molar-refractivity contribution in [1.29, 1.82) is 0 Å². The Morgan fingerprint density at radius 1 is 1.30 bits per heavy atom. The Balaban J connectivity index is 1.47. The number of fused-ring (bicyclic) bond motifs is 1. The van der Waals surface area contributed by atoms with Crippen molar-refractivity contribution in [3.63, 3.8) is 0 Å². The number of rotatable bonds is 3. The van der Waals surface area contributed by atoms with E-state index in [-0.39, 0.29) is 18.1 Å². The SMILES string of the molecule is C[C@@H]1CN(C(=S)SCCN2Cc3ccccc3C2=O)C[C@@H](C)O1. The molecule has 1 amide bonds. The molecule has 2 aliphatic rings. The summed E-state index contributed by atoms with van der Waals surface area (Å²) in [5, 5.41) is 0. The second-order valence-electron chi connectivity index (χ2n) is 6.16. The monoisotopic (exact) mass is 350 g/mol. The lowest BCUT2D eigenvalue weighted by atomic mass is 10.1. The summed E-state index contributed by atoms with van der Waals surface area (Å²) < 4.78 is 6.65. The van der Waals surface area contributed by atoms with Gasteiger partial charge in [0.1, 0.15) is 4.32 Å². The summed E-state index contributed by atoms with van der Waals surface area (Å²) in [6, 6.07) is 7.85. The maximum atomic E-state index is 12.3. The quantitative estimate of drug-likeness (QED) is 0.783.